The van der Waals surface area contributed by atoms with E-state index in [2.05, 4.69) is 51.5 Å². The monoisotopic (exact) mass is 276 g/mol. The summed E-state index contributed by atoms with van der Waals surface area (Å²) >= 11 is 0. The Hall–Kier alpha value is -2.49. The Morgan fingerprint density at radius 2 is 1.90 bits per heavy atom. The normalized spacial score (nSPS) is 20.4. The first-order chi connectivity index (χ1) is 10.3. The maximum atomic E-state index is 4.56. The second-order valence-electron chi connectivity index (χ2n) is 5.60. The summed E-state index contributed by atoms with van der Waals surface area (Å²) in [5, 5.41) is 3.56. The van der Waals surface area contributed by atoms with Gasteiger partial charge in [0.15, 0.2) is 5.65 Å². The molecule has 0 saturated heterocycles. The predicted molar refractivity (Wildman–Crippen MR) is 83.0 cm³/mol. The van der Waals surface area contributed by atoms with Gasteiger partial charge in [-0.25, -0.2) is 9.97 Å². The molecule has 3 aromatic rings. The lowest BCUT2D eigenvalue weighted by Crippen LogP contribution is -2.15. The molecule has 2 atom stereocenters. The van der Waals surface area contributed by atoms with Crippen molar-refractivity contribution in [3.63, 3.8) is 0 Å². The first-order valence-corrected chi connectivity index (χ1v) is 7.23. The van der Waals surface area contributed by atoms with Crippen LogP contribution in [0.2, 0.25) is 0 Å². The van der Waals surface area contributed by atoms with E-state index in [0.29, 0.717) is 17.6 Å². The minimum absolute atomic E-state index is 0.308. The van der Waals surface area contributed by atoms with Crippen LogP contribution in [-0.2, 0) is 6.42 Å². The molecule has 2 heterocycles. The van der Waals surface area contributed by atoms with Crippen LogP contribution in [0.4, 0.5) is 5.82 Å². The van der Waals surface area contributed by atoms with Gasteiger partial charge < -0.3 is 5.32 Å². The van der Waals surface area contributed by atoms with Crippen LogP contribution in [0.15, 0.2) is 48.8 Å². The smallest absolute Gasteiger partial charge is 0.180 e. The van der Waals surface area contributed by atoms with Gasteiger partial charge in [0.25, 0.3) is 0 Å². The summed E-state index contributed by atoms with van der Waals surface area (Å²) in [5.41, 5.74) is 4.32. The molecular formula is C17H16N4. The van der Waals surface area contributed by atoms with Crippen molar-refractivity contribution in [3.8, 4) is 0 Å². The molecule has 2 unspecified atom stereocenters. The number of benzene rings is 1. The van der Waals surface area contributed by atoms with Crippen LogP contribution in [0.5, 0.6) is 0 Å². The largest absolute Gasteiger partial charge is 0.363 e. The van der Waals surface area contributed by atoms with E-state index in [9.17, 15) is 0 Å². The van der Waals surface area contributed by atoms with Crippen molar-refractivity contribution in [2.45, 2.75) is 19.4 Å². The lowest BCUT2D eigenvalue weighted by molar-refractivity contribution is 0.541. The molecule has 4 rings (SSSR count). The van der Waals surface area contributed by atoms with Gasteiger partial charge in [0.1, 0.15) is 11.3 Å². The molecule has 21 heavy (non-hydrogen) atoms. The third-order valence-corrected chi connectivity index (χ3v) is 4.14. The number of pyridine rings is 1. The fraction of sp³-hybridized carbons (Fsp3) is 0.235. The Balaban J connectivity index is 1.68. The summed E-state index contributed by atoms with van der Waals surface area (Å²) in [5.74, 6) is 1.42. The maximum absolute atomic E-state index is 4.56. The van der Waals surface area contributed by atoms with Gasteiger partial charge >= 0.3 is 0 Å². The quantitative estimate of drug-likeness (QED) is 0.779. The second-order valence-corrected chi connectivity index (χ2v) is 5.60. The first kappa shape index (κ1) is 12.3. The summed E-state index contributed by atoms with van der Waals surface area (Å²) in [6.07, 6.45) is 4.47. The fourth-order valence-electron chi connectivity index (χ4n) is 3.11. The van der Waals surface area contributed by atoms with Crippen LogP contribution in [0.3, 0.4) is 0 Å². The zero-order chi connectivity index (χ0) is 14.2. The predicted octanol–water partition coefficient (Wildman–Crippen LogP) is 3.37. The summed E-state index contributed by atoms with van der Waals surface area (Å²) in [4.78, 5) is 13.1. The first-order valence-electron chi connectivity index (χ1n) is 7.23. The Labute approximate surface area is 123 Å². The molecule has 1 aromatic carbocycles. The van der Waals surface area contributed by atoms with Gasteiger partial charge in [0, 0.05) is 12.4 Å². The summed E-state index contributed by atoms with van der Waals surface area (Å²) < 4.78 is 0. The molecule has 1 aliphatic carbocycles. The molecule has 0 amide bonds. The van der Waals surface area contributed by atoms with E-state index < -0.39 is 0 Å². The molecule has 0 saturated carbocycles. The highest BCUT2D eigenvalue weighted by atomic mass is 15.0. The molecule has 0 radical (unpaired) electrons. The average molecular weight is 276 g/mol. The summed E-state index contributed by atoms with van der Waals surface area (Å²) in [6, 6.07) is 12.9. The Kier molecular flexibility index (Phi) is 2.81. The van der Waals surface area contributed by atoms with Crippen LogP contribution >= 0.6 is 0 Å². The van der Waals surface area contributed by atoms with Crippen LogP contribution in [0.1, 0.15) is 24.1 Å². The maximum Gasteiger partial charge on any atom is 0.180 e. The van der Waals surface area contributed by atoms with Crippen molar-refractivity contribution in [2.75, 3.05) is 5.32 Å². The summed E-state index contributed by atoms with van der Waals surface area (Å²) in [6.45, 7) is 2.28. The number of fused-ring (bicyclic) bond motifs is 2. The molecule has 104 valence electrons. The van der Waals surface area contributed by atoms with Crippen molar-refractivity contribution >= 4 is 17.0 Å². The lowest BCUT2D eigenvalue weighted by Gasteiger charge is -2.19. The number of anilines is 1. The van der Waals surface area contributed by atoms with Crippen molar-refractivity contribution < 1.29 is 0 Å². The highest BCUT2D eigenvalue weighted by Crippen LogP contribution is 2.37. The molecule has 4 heteroatoms. The van der Waals surface area contributed by atoms with E-state index in [4.69, 9.17) is 0 Å². The van der Waals surface area contributed by atoms with E-state index in [-0.39, 0.29) is 0 Å². The standard InChI is InChI=1S/C17H16N4/c1-11-10-12-4-2-3-5-13(12)16(11)20-15-7-6-14-17(21-15)19-9-8-18-14/h2-9,11,16H,10H2,1H3,(H,19,20,21). The molecule has 0 bridgehead atoms. The van der Waals surface area contributed by atoms with Gasteiger partial charge in [-0.05, 0) is 35.6 Å². The zero-order valence-corrected chi connectivity index (χ0v) is 11.8. The summed E-state index contributed by atoms with van der Waals surface area (Å²) in [7, 11) is 0. The van der Waals surface area contributed by atoms with E-state index >= 15 is 0 Å². The average Bonchev–Trinajstić information content (AvgIpc) is 2.83. The Morgan fingerprint density at radius 1 is 1.05 bits per heavy atom. The van der Waals surface area contributed by atoms with Crippen LogP contribution in [-0.4, -0.2) is 15.0 Å². The topological polar surface area (TPSA) is 50.7 Å². The van der Waals surface area contributed by atoms with Gasteiger partial charge in [-0.15, -0.1) is 0 Å². The molecule has 2 aromatic heterocycles. The molecule has 0 aliphatic heterocycles. The van der Waals surface area contributed by atoms with E-state index in [1.165, 1.54) is 11.1 Å². The lowest BCUT2D eigenvalue weighted by atomic mass is 10.0. The van der Waals surface area contributed by atoms with Crippen LogP contribution in [0, 0.1) is 5.92 Å². The third-order valence-electron chi connectivity index (χ3n) is 4.14. The fourth-order valence-corrected chi connectivity index (χ4v) is 3.11. The van der Waals surface area contributed by atoms with E-state index in [0.717, 1.165) is 17.8 Å². The molecule has 0 fully saturated rings. The second kappa shape index (κ2) is 4.81. The highest BCUT2D eigenvalue weighted by Gasteiger charge is 2.29. The van der Waals surface area contributed by atoms with Crippen molar-refractivity contribution in [1.82, 2.24) is 15.0 Å². The number of hydrogen-bond donors (Lipinski definition) is 1. The number of nitrogens with zero attached hydrogens (tertiary/aromatic N) is 3. The minimum atomic E-state index is 0.308. The Morgan fingerprint density at radius 3 is 2.86 bits per heavy atom. The molecule has 1 N–H and O–H groups in total. The molecule has 0 spiro atoms. The van der Waals surface area contributed by atoms with Gasteiger partial charge in [-0.3, -0.25) is 4.98 Å². The van der Waals surface area contributed by atoms with Gasteiger partial charge in [0.2, 0.25) is 0 Å². The molecule has 1 aliphatic rings. The van der Waals surface area contributed by atoms with E-state index in [1.807, 2.05) is 12.1 Å². The van der Waals surface area contributed by atoms with Crippen LogP contribution < -0.4 is 5.32 Å². The minimum Gasteiger partial charge on any atom is -0.363 e. The van der Waals surface area contributed by atoms with Gasteiger partial charge in [0.05, 0.1) is 6.04 Å². The Bertz CT molecular complexity index is 799. The van der Waals surface area contributed by atoms with Gasteiger partial charge in [-0.1, -0.05) is 31.2 Å². The molecule has 4 nitrogen and oxygen atoms in total. The number of aromatic nitrogens is 3. The zero-order valence-electron chi connectivity index (χ0n) is 11.8. The number of hydrogen-bond acceptors (Lipinski definition) is 4. The number of rotatable bonds is 2. The SMILES string of the molecule is CC1Cc2ccccc2C1Nc1ccc2nccnc2n1. The van der Waals surface area contributed by atoms with E-state index in [1.54, 1.807) is 12.4 Å². The third kappa shape index (κ3) is 2.13. The molecular weight excluding hydrogens is 260 g/mol. The van der Waals surface area contributed by atoms with Crippen molar-refractivity contribution in [1.29, 1.82) is 0 Å². The van der Waals surface area contributed by atoms with Crippen LogP contribution in [0.25, 0.3) is 11.2 Å². The van der Waals surface area contributed by atoms with Gasteiger partial charge in [-0.2, -0.15) is 0 Å². The highest BCUT2D eigenvalue weighted by molar-refractivity contribution is 5.71. The van der Waals surface area contributed by atoms with Crippen molar-refractivity contribution in [2.24, 2.45) is 5.92 Å². The van der Waals surface area contributed by atoms with Crippen molar-refractivity contribution in [3.05, 3.63) is 59.9 Å². The number of nitrogens with one attached hydrogen (secondary N) is 1.